The van der Waals surface area contributed by atoms with E-state index in [2.05, 4.69) is 37.9 Å². The van der Waals surface area contributed by atoms with Crippen LogP contribution in [-0.2, 0) is 6.54 Å². The molecule has 0 aliphatic heterocycles. The molecule has 0 amide bonds. The molecule has 2 N–H and O–H groups in total. The summed E-state index contributed by atoms with van der Waals surface area (Å²) in [4.78, 5) is 8.97. The lowest BCUT2D eigenvalue weighted by Gasteiger charge is -2.25. The highest BCUT2D eigenvalue weighted by Crippen LogP contribution is 2.34. The highest BCUT2D eigenvalue weighted by Gasteiger charge is 2.25. The number of methoxy groups -OCH3 is 2. The molecule has 0 bridgehead atoms. The van der Waals surface area contributed by atoms with Crippen LogP contribution in [0.4, 0.5) is 5.82 Å². The Morgan fingerprint density at radius 2 is 1.97 bits per heavy atom. The van der Waals surface area contributed by atoms with E-state index in [9.17, 15) is 5.11 Å². The number of aliphatic hydroxyl groups is 1. The predicted octanol–water partition coefficient (Wildman–Crippen LogP) is 3.54. The molecular formula is C20H24IN5O3. The number of ether oxygens (including phenoxy) is 2. The predicted molar refractivity (Wildman–Crippen MR) is 118 cm³/mol. The minimum atomic E-state index is -0.196. The summed E-state index contributed by atoms with van der Waals surface area (Å²) in [5.74, 6) is 2.26. The quantitative estimate of drug-likeness (QED) is 0.491. The molecule has 0 atom stereocenters. The monoisotopic (exact) mass is 509 g/mol. The Morgan fingerprint density at radius 1 is 1.17 bits per heavy atom. The summed E-state index contributed by atoms with van der Waals surface area (Å²) >= 11 is 2.24. The Hall–Kier alpha value is -2.14. The van der Waals surface area contributed by atoms with Crippen molar-refractivity contribution in [2.45, 2.75) is 44.4 Å². The van der Waals surface area contributed by atoms with Gasteiger partial charge in [-0.05, 0) is 60.4 Å². The molecule has 0 spiro atoms. The smallest absolute Gasteiger partial charge is 0.164 e. The summed E-state index contributed by atoms with van der Waals surface area (Å²) < 4.78 is 13.6. The summed E-state index contributed by atoms with van der Waals surface area (Å²) in [7, 11) is 3.28. The molecule has 154 valence electrons. The van der Waals surface area contributed by atoms with Gasteiger partial charge in [-0.15, -0.1) is 0 Å². The van der Waals surface area contributed by atoms with Crippen LogP contribution in [0.2, 0.25) is 0 Å². The molecule has 29 heavy (non-hydrogen) atoms. The molecule has 0 unspecified atom stereocenters. The van der Waals surface area contributed by atoms with E-state index in [-0.39, 0.29) is 12.1 Å². The third-order valence-electron chi connectivity index (χ3n) is 5.40. The standard InChI is InChI=1S/C20H24IN5O3/c1-28-15-8-3-12(16(9-15)29-2)10-22-19-17-18(21)25-26(20(17)24-11-23-19)13-4-6-14(27)7-5-13/h3,8-9,11,13-14,27H,4-7,10H2,1-2H3,(H,22,23,24). The first-order valence-electron chi connectivity index (χ1n) is 9.62. The lowest BCUT2D eigenvalue weighted by Crippen LogP contribution is -2.22. The molecule has 1 aliphatic rings. The van der Waals surface area contributed by atoms with E-state index in [1.807, 2.05) is 22.9 Å². The van der Waals surface area contributed by atoms with E-state index in [0.29, 0.717) is 6.54 Å². The number of benzene rings is 1. The maximum absolute atomic E-state index is 9.81. The third-order valence-corrected chi connectivity index (χ3v) is 6.15. The Kier molecular flexibility index (Phi) is 6.04. The maximum Gasteiger partial charge on any atom is 0.164 e. The highest BCUT2D eigenvalue weighted by molar-refractivity contribution is 14.1. The van der Waals surface area contributed by atoms with Gasteiger partial charge in [-0.25, -0.2) is 14.6 Å². The SMILES string of the molecule is COc1ccc(CNc2ncnc3c2c(I)nn3C2CCC(O)CC2)c(OC)c1. The van der Waals surface area contributed by atoms with Gasteiger partial charge in [0, 0.05) is 18.2 Å². The second-order valence-corrected chi connectivity index (χ2v) is 8.17. The van der Waals surface area contributed by atoms with Gasteiger partial charge in [-0.2, -0.15) is 5.10 Å². The molecule has 2 aromatic heterocycles. The largest absolute Gasteiger partial charge is 0.497 e. The number of nitrogens with one attached hydrogen (secondary N) is 1. The molecular weight excluding hydrogens is 485 g/mol. The van der Waals surface area contributed by atoms with Gasteiger partial charge in [-0.1, -0.05) is 0 Å². The minimum absolute atomic E-state index is 0.196. The van der Waals surface area contributed by atoms with Gasteiger partial charge in [0.1, 0.15) is 27.3 Å². The van der Waals surface area contributed by atoms with E-state index in [1.165, 1.54) is 0 Å². The fourth-order valence-corrected chi connectivity index (χ4v) is 4.53. The van der Waals surface area contributed by atoms with Gasteiger partial charge in [-0.3, -0.25) is 0 Å². The Morgan fingerprint density at radius 3 is 2.69 bits per heavy atom. The normalized spacial score (nSPS) is 19.3. The number of nitrogens with zero attached hydrogens (tertiary/aromatic N) is 4. The Bertz CT molecular complexity index is 1000. The highest BCUT2D eigenvalue weighted by atomic mass is 127. The Labute approximate surface area is 182 Å². The van der Waals surface area contributed by atoms with Crippen LogP contribution in [0, 0.1) is 3.70 Å². The second kappa shape index (κ2) is 8.70. The number of aliphatic hydroxyl groups excluding tert-OH is 1. The number of rotatable bonds is 6. The first kappa shape index (κ1) is 20.1. The molecule has 1 saturated carbocycles. The minimum Gasteiger partial charge on any atom is -0.497 e. The Balaban J connectivity index is 1.60. The number of hydrogen-bond donors (Lipinski definition) is 2. The van der Waals surface area contributed by atoms with Crippen molar-refractivity contribution in [1.29, 1.82) is 0 Å². The zero-order valence-electron chi connectivity index (χ0n) is 16.4. The van der Waals surface area contributed by atoms with Crippen molar-refractivity contribution in [1.82, 2.24) is 19.7 Å². The summed E-state index contributed by atoms with van der Waals surface area (Å²) in [6.07, 6.45) is 4.79. The summed E-state index contributed by atoms with van der Waals surface area (Å²) in [6.45, 7) is 0.552. The zero-order valence-corrected chi connectivity index (χ0v) is 18.6. The molecule has 9 heteroatoms. The fraction of sp³-hybridized carbons (Fsp3) is 0.450. The van der Waals surface area contributed by atoms with E-state index in [0.717, 1.165) is 63.3 Å². The lowest BCUT2D eigenvalue weighted by atomic mass is 9.93. The lowest BCUT2D eigenvalue weighted by molar-refractivity contribution is 0.108. The average Bonchev–Trinajstić information content (AvgIpc) is 3.10. The van der Waals surface area contributed by atoms with Crippen LogP contribution < -0.4 is 14.8 Å². The van der Waals surface area contributed by atoms with E-state index in [1.54, 1.807) is 20.5 Å². The third kappa shape index (κ3) is 4.11. The van der Waals surface area contributed by atoms with Crippen molar-refractivity contribution < 1.29 is 14.6 Å². The molecule has 1 fully saturated rings. The van der Waals surface area contributed by atoms with Gasteiger partial charge >= 0.3 is 0 Å². The first-order valence-corrected chi connectivity index (χ1v) is 10.7. The van der Waals surface area contributed by atoms with Gasteiger partial charge in [0.05, 0.1) is 31.8 Å². The van der Waals surface area contributed by atoms with Crippen LogP contribution in [0.5, 0.6) is 11.5 Å². The van der Waals surface area contributed by atoms with Crippen molar-refractivity contribution in [2.24, 2.45) is 0 Å². The molecule has 0 radical (unpaired) electrons. The topological polar surface area (TPSA) is 94.3 Å². The van der Waals surface area contributed by atoms with Gasteiger partial charge < -0.3 is 19.9 Å². The molecule has 8 nitrogen and oxygen atoms in total. The molecule has 4 rings (SSSR count). The zero-order chi connectivity index (χ0) is 20.4. The first-order chi connectivity index (χ1) is 14.1. The number of fused-ring (bicyclic) bond motifs is 1. The van der Waals surface area contributed by atoms with Crippen molar-refractivity contribution in [3.05, 3.63) is 33.8 Å². The van der Waals surface area contributed by atoms with Gasteiger partial charge in [0.25, 0.3) is 0 Å². The average molecular weight is 509 g/mol. The number of anilines is 1. The van der Waals surface area contributed by atoms with Crippen LogP contribution in [-0.4, -0.2) is 45.2 Å². The molecule has 2 heterocycles. The summed E-state index contributed by atoms with van der Waals surface area (Å²) in [5, 5.41) is 18.9. The molecule has 0 saturated heterocycles. The van der Waals surface area contributed by atoms with Crippen molar-refractivity contribution >= 4 is 39.4 Å². The van der Waals surface area contributed by atoms with Crippen LogP contribution >= 0.6 is 22.6 Å². The van der Waals surface area contributed by atoms with Crippen molar-refractivity contribution in [3.63, 3.8) is 0 Å². The van der Waals surface area contributed by atoms with E-state index < -0.39 is 0 Å². The van der Waals surface area contributed by atoms with Crippen molar-refractivity contribution in [2.75, 3.05) is 19.5 Å². The molecule has 1 aliphatic carbocycles. The van der Waals surface area contributed by atoms with Crippen LogP contribution in [0.15, 0.2) is 24.5 Å². The van der Waals surface area contributed by atoms with E-state index in [4.69, 9.17) is 14.6 Å². The van der Waals surface area contributed by atoms with Crippen LogP contribution in [0.3, 0.4) is 0 Å². The van der Waals surface area contributed by atoms with E-state index >= 15 is 0 Å². The fourth-order valence-electron chi connectivity index (χ4n) is 3.80. The summed E-state index contributed by atoms with van der Waals surface area (Å²) in [6, 6.07) is 6.01. The molecule has 1 aromatic carbocycles. The molecule has 3 aromatic rings. The van der Waals surface area contributed by atoms with Crippen LogP contribution in [0.25, 0.3) is 11.0 Å². The van der Waals surface area contributed by atoms with Gasteiger partial charge in [0.2, 0.25) is 0 Å². The van der Waals surface area contributed by atoms with Crippen molar-refractivity contribution in [3.8, 4) is 11.5 Å². The maximum atomic E-state index is 9.81. The number of hydrogen-bond acceptors (Lipinski definition) is 7. The van der Waals surface area contributed by atoms with Crippen LogP contribution in [0.1, 0.15) is 37.3 Å². The summed E-state index contributed by atoms with van der Waals surface area (Å²) in [5.41, 5.74) is 1.83. The second-order valence-electron chi connectivity index (χ2n) is 7.15. The number of halogens is 1. The number of aromatic nitrogens is 4. The van der Waals surface area contributed by atoms with Gasteiger partial charge in [0.15, 0.2) is 5.65 Å².